The van der Waals surface area contributed by atoms with Gasteiger partial charge in [-0.1, -0.05) is 42.5 Å². The van der Waals surface area contributed by atoms with Crippen LogP contribution >= 0.6 is 0 Å². The maximum absolute atomic E-state index is 12.2. The lowest BCUT2D eigenvalue weighted by atomic mass is 10.1. The third kappa shape index (κ3) is 4.45. The van der Waals surface area contributed by atoms with Gasteiger partial charge in [0.25, 0.3) is 0 Å². The number of hydrogen-bond donors (Lipinski definition) is 1. The van der Waals surface area contributed by atoms with Gasteiger partial charge < -0.3 is 10.0 Å². The molecule has 1 aliphatic rings. The van der Waals surface area contributed by atoms with Crippen LogP contribution in [-0.2, 0) is 9.59 Å². The van der Waals surface area contributed by atoms with Crippen molar-refractivity contribution in [2.45, 2.75) is 44.7 Å². The summed E-state index contributed by atoms with van der Waals surface area (Å²) in [6.45, 7) is 1.58. The molecule has 1 atom stereocenters. The first-order chi connectivity index (χ1) is 10.1. The average Bonchev–Trinajstić information content (AvgIpc) is 3.29. The third-order valence-electron chi connectivity index (χ3n) is 3.64. The van der Waals surface area contributed by atoms with Gasteiger partial charge in [0.2, 0.25) is 5.91 Å². The first-order valence-electron chi connectivity index (χ1n) is 7.35. The number of nitrogens with zero attached hydrogens (tertiary/aromatic N) is 1. The quantitative estimate of drug-likeness (QED) is 0.839. The van der Waals surface area contributed by atoms with Crippen LogP contribution in [0, 0.1) is 0 Å². The molecule has 0 bridgehead atoms. The van der Waals surface area contributed by atoms with Crippen molar-refractivity contribution >= 4 is 18.0 Å². The van der Waals surface area contributed by atoms with Crippen molar-refractivity contribution < 1.29 is 14.7 Å². The molecule has 2 rings (SSSR count). The summed E-state index contributed by atoms with van der Waals surface area (Å²) in [4.78, 5) is 24.8. The maximum atomic E-state index is 12.2. The second kappa shape index (κ2) is 7.07. The summed E-state index contributed by atoms with van der Waals surface area (Å²) < 4.78 is 0. The zero-order valence-electron chi connectivity index (χ0n) is 12.2. The van der Waals surface area contributed by atoms with E-state index in [2.05, 4.69) is 0 Å². The Bertz CT molecular complexity index is 520. The fraction of sp³-hybridized carbons (Fsp3) is 0.412. The summed E-state index contributed by atoms with van der Waals surface area (Å²) in [6.07, 6.45) is 6.77. The van der Waals surface area contributed by atoms with Crippen molar-refractivity contribution in [2.75, 3.05) is 0 Å². The summed E-state index contributed by atoms with van der Waals surface area (Å²) in [5.74, 6) is -1.000. The number of allylic oxidation sites excluding steroid dienone is 1. The number of hydrogen-bond acceptors (Lipinski definition) is 2. The van der Waals surface area contributed by atoms with Crippen LogP contribution in [-0.4, -0.2) is 34.0 Å². The highest BCUT2D eigenvalue weighted by Crippen LogP contribution is 2.29. The number of carboxylic acid groups (broad SMARTS) is 1. The van der Waals surface area contributed by atoms with Gasteiger partial charge in [0.05, 0.1) is 0 Å². The van der Waals surface area contributed by atoms with Gasteiger partial charge in [-0.3, -0.25) is 4.79 Å². The van der Waals surface area contributed by atoms with Crippen LogP contribution in [0.3, 0.4) is 0 Å². The molecule has 0 radical (unpaired) electrons. The Kier molecular flexibility index (Phi) is 5.14. The second-order valence-corrected chi connectivity index (χ2v) is 5.40. The summed E-state index contributed by atoms with van der Waals surface area (Å²) in [7, 11) is 0. The van der Waals surface area contributed by atoms with Gasteiger partial charge in [-0.15, -0.1) is 0 Å². The van der Waals surface area contributed by atoms with Crippen molar-refractivity contribution in [2.24, 2.45) is 0 Å². The first kappa shape index (κ1) is 15.3. The Balaban J connectivity index is 1.85. The largest absolute Gasteiger partial charge is 0.480 e. The summed E-state index contributed by atoms with van der Waals surface area (Å²) in [5, 5.41) is 9.09. The van der Waals surface area contributed by atoms with Gasteiger partial charge in [0.1, 0.15) is 6.04 Å². The normalized spacial score (nSPS) is 15.9. The Labute approximate surface area is 125 Å². The number of benzene rings is 1. The van der Waals surface area contributed by atoms with Gasteiger partial charge in [0.15, 0.2) is 0 Å². The highest BCUT2D eigenvalue weighted by molar-refractivity contribution is 5.84. The zero-order chi connectivity index (χ0) is 15.2. The molecule has 1 saturated carbocycles. The molecule has 1 unspecified atom stereocenters. The maximum Gasteiger partial charge on any atom is 0.326 e. The molecule has 1 aliphatic carbocycles. The van der Waals surface area contributed by atoms with Crippen LogP contribution in [0.1, 0.15) is 38.2 Å². The molecule has 0 spiro atoms. The van der Waals surface area contributed by atoms with Crippen molar-refractivity contribution in [3.05, 3.63) is 42.0 Å². The molecular formula is C17H21NO3. The molecule has 1 fully saturated rings. The van der Waals surface area contributed by atoms with E-state index in [1.807, 2.05) is 42.5 Å². The molecule has 0 saturated heterocycles. The Morgan fingerprint density at radius 1 is 1.33 bits per heavy atom. The monoisotopic (exact) mass is 287 g/mol. The molecule has 1 aromatic rings. The lowest BCUT2D eigenvalue weighted by Crippen LogP contribution is -2.44. The number of rotatable bonds is 7. The Morgan fingerprint density at radius 2 is 2.00 bits per heavy atom. The molecule has 1 N–H and O–H groups in total. The van der Waals surface area contributed by atoms with Crippen LogP contribution in [0.25, 0.3) is 6.08 Å². The van der Waals surface area contributed by atoms with Crippen molar-refractivity contribution in [1.29, 1.82) is 0 Å². The molecule has 1 aromatic carbocycles. The second-order valence-electron chi connectivity index (χ2n) is 5.40. The Morgan fingerprint density at radius 3 is 2.57 bits per heavy atom. The van der Waals surface area contributed by atoms with Gasteiger partial charge >= 0.3 is 5.97 Å². The Hall–Kier alpha value is -2.10. The van der Waals surface area contributed by atoms with Gasteiger partial charge in [0, 0.05) is 12.5 Å². The van der Waals surface area contributed by atoms with E-state index in [9.17, 15) is 9.59 Å². The molecule has 1 amide bonds. The van der Waals surface area contributed by atoms with Crippen LogP contribution in [0.15, 0.2) is 36.4 Å². The smallest absolute Gasteiger partial charge is 0.326 e. The van der Waals surface area contributed by atoms with Gasteiger partial charge in [-0.05, 0) is 31.7 Å². The van der Waals surface area contributed by atoms with Crippen LogP contribution < -0.4 is 0 Å². The minimum atomic E-state index is -0.935. The molecule has 0 heterocycles. The van der Waals surface area contributed by atoms with Crippen molar-refractivity contribution in [1.82, 2.24) is 4.90 Å². The van der Waals surface area contributed by atoms with E-state index in [4.69, 9.17) is 5.11 Å². The van der Waals surface area contributed by atoms with E-state index in [1.165, 1.54) is 0 Å². The first-order valence-corrected chi connectivity index (χ1v) is 7.35. The predicted octanol–water partition coefficient (Wildman–Crippen LogP) is 2.94. The standard InChI is InChI=1S/C17H21NO3/c1-13(17(20)21)18(15-11-12-15)16(19)10-6-5-9-14-7-3-2-4-8-14/h2-5,7-9,13,15H,6,10-12H2,1H3,(H,20,21)/b9-5+. The van der Waals surface area contributed by atoms with Gasteiger partial charge in [-0.25, -0.2) is 4.79 Å². The van der Waals surface area contributed by atoms with Crippen molar-refractivity contribution in [3.8, 4) is 0 Å². The van der Waals surface area contributed by atoms with E-state index in [0.29, 0.717) is 12.8 Å². The number of carbonyl (C=O) groups is 2. The van der Waals surface area contributed by atoms with Crippen LogP contribution in [0.2, 0.25) is 0 Å². The molecule has 0 aromatic heterocycles. The number of carbonyl (C=O) groups excluding carboxylic acids is 1. The van der Waals surface area contributed by atoms with Crippen molar-refractivity contribution in [3.63, 3.8) is 0 Å². The number of aliphatic carboxylic acids is 1. The lowest BCUT2D eigenvalue weighted by molar-refractivity contribution is -0.150. The highest BCUT2D eigenvalue weighted by Gasteiger charge is 2.37. The fourth-order valence-electron chi connectivity index (χ4n) is 2.33. The fourth-order valence-corrected chi connectivity index (χ4v) is 2.33. The van der Waals surface area contributed by atoms with Crippen LogP contribution in [0.4, 0.5) is 0 Å². The summed E-state index contributed by atoms with van der Waals surface area (Å²) in [6, 6.07) is 9.29. The average molecular weight is 287 g/mol. The predicted molar refractivity (Wildman–Crippen MR) is 81.7 cm³/mol. The highest BCUT2D eigenvalue weighted by atomic mass is 16.4. The molecular weight excluding hydrogens is 266 g/mol. The summed E-state index contributed by atoms with van der Waals surface area (Å²) in [5.41, 5.74) is 1.10. The minimum Gasteiger partial charge on any atom is -0.480 e. The molecule has 4 nitrogen and oxygen atoms in total. The zero-order valence-corrected chi connectivity index (χ0v) is 12.2. The SMILES string of the molecule is CC(C(=O)O)N(C(=O)CC/C=C/c1ccccc1)C1CC1. The molecule has 112 valence electrons. The summed E-state index contributed by atoms with van der Waals surface area (Å²) >= 11 is 0. The lowest BCUT2D eigenvalue weighted by Gasteiger charge is -2.26. The molecule has 0 aliphatic heterocycles. The van der Waals surface area contributed by atoms with Gasteiger partial charge in [-0.2, -0.15) is 0 Å². The van der Waals surface area contributed by atoms with E-state index in [-0.39, 0.29) is 11.9 Å². The van der Waals surface area contributed by atoms with E-state index < -0.39 is 12.0 Å². The van der Waals surface area contributed by atoms with E-state index in [0.717, 1.165) is 18.4 Å². The van der Waals surface area contributed by atoms with E-state index in [1.54, 1.807) is 11.8 Å². The number of amides is 1. The molecule has 4 heteroatoms. The van der Waals surface area contributed by atoms with E-state index >= 15 is 0 Å². The molecule has 21 heavy (non-hydrogen) atoms. The minimum absolute atomic E-state index is 0.0647. The topological polar surface area (TPSA) is 57.6 Å². The third-order valence-corrected chi connectivity index (χ3v) is 3.64. The number of carboxylic acids is 1. The van der Waals surface area contributed by atoms with Crippen LogP contribution in [0.5, 0.6) is 0 Å².